The van der Waals surface area contributed by atoms with Crippen LogP contribution in [0.4, 0.5) is 18.9 Å². The van der Waals surface area contributed by atoms with Crippen LogP contribution in [-0.4, -0.2) is 5.91 Å². The molecule has 2 nitrogen and oxygen atoms in total. The summed E-state index contributed by atoms with van der Waals surface area (Å²) < 4.78 is 39.0. The van der Waals surface area contributed by atoms with E-state index in [0.717, 1.165) is 25.0 Å². The van der Waals surface area contributed by atoms with Crippen LogP contribution in [0, 0.1) is 22.7 Å². The van der Waals surface area contributed by atoms with E-state index in [1.165, 1.54) is 30.9 Å². The van der Waals surface area contributed by atoms with Crippen molar-refractivity contribution in [2.45, 2.75) is 65.5 Å². The average molecular weight is 418 g/mol. The Bertz CT molecular complexity index is 927. The number of carbonyl (C=O) groups is 1. The number of allylic oxidation sites excluding steroid dienone is 2. The van der Waals surface area contributed by atoms with E-state index in [9.17, 15) is 18.0 Å². The minimum atomic E-state index is -4.43. The lowest BCUT2D eigenvalue weighted by atomic mass is 9.47. The first-order valence-corrected chi connectivity index (χ1v) is 10.8. The smallest absolute Gasteiger partial charge is 0.321 e. The quantitative estimate of drug-likeness (QED) is 0.399. The summed E-state index contributed by atoms with van der Waals surface area (Å²) in [7, 11) is 0. The normalized spacial score (nSPS) is 32.0. The van der Waals surface area contributed by atoms with Gasteiger partial charge in [-0.25, -0.2) is 0 Å². The lowest BCUT2D eigenvalue weighted by Gasteiger charge is -2.58. The molecule has 5 heteroatoms. The standard InChI is InChI=1S/C25H30F3NO/c1-15-6-11-21-23(2,3)12-5-13-24(21,4)19(15)10-9-18-17-8-7-16(25(26,27)28)14-20(17)29-22(18)30/h7-9,14,19,21H,1,5-6,10-13H2,2-4H3,(H,29,30)/b18-9+/t19-,21-,24+/m0/s1. The number of rotatable bonds is 2. The van der Waals surface area contributed by atoms with Gasteiger partial charge in [-0.3, -0.25) is 4.79 Å². The van der Waals surface area contributed by atoms with Gasteiger partial charge >= 0.3 is 6.18 Å². The van der Waals surface area contributed by atoms with Gasteiger partial charge in [0.15, 0.2) is 0 Å². The molecular weight excluding hydrogens is 387 g/mol. The summed E-state index contributed by atoms with van der Waals surface area (Å²) in [6.07, 6.45) is 3.97. The van der Waals surface area contributed by atoms with Crippen molar-refractivity contribution in [1.29, 1.82) is 0 Å². The van der Waals surface area contributed by atoms with E-state index in [-0.39, 0.29) is 22.9 Å². The van der Waals surface area contributed by atoms with Crippen LogP contribution in [-0.2, 0) is 11.0 Å². The Morgan fingerprint density at radius 1 is 1.23 bits per heavy atom. The molecule has 0 radical (unpaired) electrons. The molecule has 2 fully saturated rings. The molecule has 1 aromatic carbocycles. The van der Waals surface area contributed by atoms with Crippen molar-refractivity contribution in [1.82, 2.24) is 0 Å². The molecule has 3 aliphatic rings. The van der Waals surface area contributed by atoms with E-state index in [4.69, 9.17) is 0 Å². The van der Waals surface area contributed by atoms with Crippen molar-refractivity contribution < 1.29 is 18.0 Å². The molecule has 1 heterocycles. The van der Waals surface area contributed by atoms with Gasteiger partial charge in [-0.2, -0.15) is 13.2 Å². The highest BCUT2D eigenvalue weighted by atomic mass is 19.4. The molecule has 1 amide bonds. The third kappa shape index (κ3) is 3.40. The van der Waals surface area contributed by atoms with Crippen molar-refractivity contribution in [3.05, 3.63) is 47.6 Å². The Labute approximate surface area is 176 Å². The maximum atomic E-state index is 13.0. The summed E-state index contributed by atoms with van der Waals surface area (Å²) in [5.74, 6) is 0.581. The Hall–Kier alpha value is -2.04. The van der Waals surface area contributed by atoms with Crippen LogP contribution in [0.25, 0.3) is 5.57 Å². The van der Waals surface area contributed by atoms with E-state index >= 15 is 0 Å². The van der Waals surface area contributed by atoms with Crippen LogP contribution in [0.3, 0.4) is 0 Å². The fourth-order valence-electron chi connectivity index (χ4n) is 6.52. The van der Waals surface area contributed by atoms with Gasteiger partial charge < -0.3 is 5.32 Å². The Balaban J connectivity index is 1.64. The monoisotopic (exact) mass is 417 g/mol. The van der Waals surface area contributed by atoms with Crippen molar-refractivity contribution in [3.63, 3.8) is 0 Å². The molecule has 0 bridgehead atoms. The first kappa shape index (κ1) is 21.2. The molecular formula is C25H30F3NO. The fraction of sp³-hybridized carbons (Fsp3) is 0.560. The predicted molar refractivity (Wildman–Crippen MR) is 114 cm³/mol. The highest BCUT2D eigenvalue weighted by Crippen LogP contribution is 2.61. The second kappa shape index (κ2) is 7.00. The zero-order chi connectivity index (χ0) is 21.9. The molecule has 2 saturated carbocycles. The van der Waals surface area contributed by atoms with Gasteiger partial charge in [0.05, 0.1) is 5.56 Å². The minimum Gasteiger partial charge on any atom is -0.321 e. The Morgan fingerprint density at radius 3 is 2.67 bits per heavy atom. The van der Waals surface area contributed by atoms with Gasteiger partial charge in [0, 0.05) is 16.8 Å². The second-order valence-electron chi connectivity index (χ2n) is 10.2. The summed E-state index contributed by atoms with van der Waals surface area (Å²) in [6, 6.07) is 3.48. The topological polar surface area (TPSA) is 29.1 Å². The van der Waals surface area contributed by atoms with Crippen LogP contribution >= 0.6 is 0 Å². The number of amides is 1. The van der Waals surface area contributed by atoms with Crippen LogP contribution in [0.5, 0.6) is 0 Å². The van der Waals surface area contributed by atoms with Crippen molar-refractivity contribution >= 4 is 17.2 Å². The summed E-state index contributed by atoms with van der Waals surface area (Å²) >= 11 is 0. The van der Waals surface area contributed by atoms with Crippen molar-refractivity contribution in [2.75, 3.05) is 5.32 Å². The molecule has 0 unspecified atom stereocenters. The molecule has 4 rings (SSSR count). The van der Waals surface area contributed by atoms with E-state index in [0.29, 0.717) is 28.9 Å². The number of anilines is 1. The maximum Gasteiger partial charge on any atom is 0.416 e. The number of benzene rings is 1. The summed E-state index contributed by atoms with van der Waals surface area (Å²) in [6.45, 7) is 11.5. The molecule has 30 heavy (non-hydrogen) atoms. The molecule has 162 valence electrons. The average Bonchev–Trinajstić information content (AvgIpc) is 2.94. The third-order valence-electron chi connectivity index (χ3n) is 8.01. The number of hydrogen-bond donors (Lipinski definition) is 1. The Kier molecular flexibility index (Phi) is 4.94. The van der Waals surface area contributed by atoms with Gasteiger partial charge in [-0.15, -0.1) is 0 Å². The Morgan fingerprint density at radius 2 is 1.97 bits per heavy atom. The van der Waals surface area contributed by atoms with Gasteiger partial charge in [0.25, 0.3) is 5.91 Å². The number of alkyl halides is 3. The predicted octanol–water partition coefficient (Wildman–Crippen LogP) is 7.23. The van der Waals surface area contributed by atoms with Crippen molar-refractivity contribution in [3.8, 4) is 0 Å². The highest BCUT2D eigenvalue weighted by Gasteiger charge is 2.52. The minimum absolute atomic E-state index is 0.145. The fourth-order valence-corrected chi connectivity index (χ4v) is 6.52. The van der Waals surface area contributed by atoms with E-state index in [1.807, 2.05) is 6.08 Å². The number of hydrogen-bond acceptors (Lipinski definition) is 1. The number of fused-ring (bicyclic) bond motifs is 2. The molecule has 1 aromatic rings. The van der Waals surface area contributed by atoms with E-state index < -0.39 is 11.7 Å². The first-order valence-electron chi connectivity index (χ1n) is 10.8. The zero-order valence-electron chi connectivity index (χ0n) is 18.0. The molecule has 0 spiro atoms. The highest BCUT2D eigenvalue weighted by molar-refractivity contribution is 6.31. The molecule has 1 aliphatic heterocycles. The molecule has 1 N–H and O–H groups in total. The van der Waals surface area contributed by atoms with Crippen LogP contribution < -0.4 is 5.32 Å². The molecule has 0 saturated heterocycles. The summed E-state index contributed by atoms with van der Waals surface area (Å²) in [5, 5.41) is 2.61. The lowest BCUT2D eigenvalue weighted by Crippen LogP contribution is -2.49. The lowest BCUT2D eigenvalue weighted by molar-refractivity contribution is -0.137. The number of halogens is 3. The van der Waals surface area contributed by atoms with Crippen LogP contribution in [0.15, 0.2) is 36.4 Å². The molecule has 0 aromatic heterocycles. The number of nitrogens with one attached hydrogen (secondary N) is 1. The van der Waals surface area contributed by atoms with E-state index in [1.54, 1.807) is 0 Å². The molecule has 2 aliphatic carbocycles. The van der Waals surface area contributed by atoms with Gasteiger partial charge in [0.1, 0.15) is 0 Å². The maximum absolute atomic E-state index is 13.0. The SMILES string of the molecule is C=C1CC[C@H]2C(C)(C)CCC[C@]2(C)[C@H]1C/C=C1/C(=O)Nc2cc(C(F)(F)F)ccc21. The van der Waals surface area contributed by atoms with Gasteiger partial charge in [-0.1, -0.05) is 51.5 Å². The third-order valence-corrected chi connectivity index (χ3v) is 8.01. The van der Waals surface area contributed by atoms with Crippen molar-refractivity contribution in [2.24, 2.45) is 22.7 Å². The molecule has 3 atom stereocenters. The summed E-state index contributed by atoms with van der Waals surface area (Å²) in [5.41, 5.74) is 2.22. The van der Waals surface area contributed by atoms with Crippen LogP contribution in [0.2, 0.25) is 0 Å². The second-order valence-corrected chi connectivity index (χ2v) is 10.2. The summed E-state index contributed by atoms with van der Waals surface area (Å²) in [4.78, 5) is 12.5. The number of carbonyl (C=O) groups excluding carboxylic acids is 1. The van der Waals surface area contributed by atoms with Gasteiger partial charge in [0.2, 0.25) is 0 Å². The first-order chi connectivity index (χ1) is 13.9. The zero-order valence-corrected chi connectivity index (χ0v) is 18.0. The van der Waals surface area contributed by atoms with Gasteiger partial charge in [-0.05, 0) is 66.9 Å². The van der Waals surface area contributed by atoms with E-state index in [2.05, 4.69) is 32.7 Å². The van der Waals surface area contributed by atoms with Crippen LogP contribution in [0.1, 0.15) is 70.4 Å². The largest absolute Gasteiger partial charge is 0.416 e.